The van der Waals surface area contributed by atoms with Crippen LogP contribution in [-0.4, -0.2) is 24.6 Å². The van der Waals surface area contributed by atoms with Gasteiger partial charge in [-0.25, -0.2) is 4.79 Å². The maximum atomic E-state index is 11.9. The first-order valence-corrected chi connectivity index (χ1v) is 6.81. The summed E-state index contributed by atoms with van der Waals surface area (Å²) < 4.78 is 6.00. The van der Waals surface area contributed by atoms with Gasteiger partial charge in [0.1, 0.15) is 5.56 Å². The second-order valence-corrected chi connectivity index (χ2v) is 5.05. The van der Waals surface area contributed by atoms with E-state index in [0.29, 0.717) is 12.2 Å². The SMILES string of the molecule is CCOC(=O)c1cnc2c(C)cc(Br)cc2c1NC. The summed E-state index contributed by atoms with van der Waals surface area (Å²) in [5, 5.41) is 3.97. The number of nitrogens with zero attached hydrogens (tertiary/aromatic N) is 1. The number of aromatic nitrogens is 1. The molecular formula is C14H15BrN2O2. The third-order valence-electron chi connectivity index (χ3n) is 2.87. The Kier molecular flexibility index (Phi) is 4.04. The fraction of sp³-hybridized carbons (Fsp3) is 0.286. The largest absolute Gasteiger partial charge is 0.462 e. The van der Waals surface area contributed by atoms with Crippen molar-refractivity contribution in [2.45, 2.75) is 13.8 Å². The third kappa shape index (κ3) is 2.56. The second kappa shape index (κ2) is 5.57. The van der Waals surface area contributed by atoms with Crippen LogP contribution in [0.1, 0.15) is 22.8 Å². The van der Waals surface area contributed by atoms with E-state index in [0.717, 1.165) is 26.6 Å². The average Bonchev–Trinajstić information content (AvgIpc) is 2.37. The average molecular weight is 323 g/mol. The van der Waals surface area contributed by atoms with E-state index < -0.39 is 0 Å². The minimum absolute atomic E-state index is 0.345. The van der Waals surface area contributed by atoms with Crippen LogP contribution in [0.4, 0.5) is 5.69 Å². The van der Waals surface area contributed by atoms with Gasteiger partial charge in [-0.15, -0.1) is 0 Å². The van der Waals surface area contributed by atoms with E-state index in [2.05, 4.69) is 26.2 Å². The summed E-state index contributed by atoms with van der Waals surface area (Å²) in [7, 11) is 1.79. The Morgan fingerprint density at radius 2 is 2.21 bits per heavy atom. The number of halogens is 1. The molecule has 1 aromatic carbocycles. The molecule has 0 fully saturated rings. The predicted octanol–water partition coefficient (Wildman–Crippen LogP) is 3.52. The van der Waals surface area contributed by atoms with Gasteiger partial charge in [-0.2, -0.15) is 0 Å². The zero-order valence-corrected chi connectivity index (χ0v) is 12.7. The summed E-state index contributed by atoms with van der Waals surface area (Å²) in [6.45, 7) is 4.12. The number of pyridine rings is 1. The van der Waals surface area contributed by atoms with Crippen molar-refractivity contribution >= 4 is 38.5 Å². The van der Waals surface area contributed by atoms with Crippen LogP contribution in [0, 0.1) is 6.92 Å². The highest BCUT2D eigenvalue weighted by Gasteiger charge is 2.16. The number of rotatable bonds is 3. The van der Waals surface area contributed by atoms with Crippen LogP contribution in [0.15, 0.2) is 22.8 Å². The van der Waals surface area contributed by atoms with E-state index in [1.807, 2.05) is 19.1 Å². The Bertz CT molecular complexity index is 641. The highest BCUT2D eigenvalue weighted by molar-refractivity contribution is 9.10. The smallest absolute Gasteiger partial charge is 0.341 e. The van der Waals surface area contributed by atoms with Crippen molar-refractivity contribution in [2.75, 3.05) is 19.0 Å². The summed E-state index contributed by atoms with van der Waals surface area (Å²) in [5.41, 5.74) is 3.12. The maximum absolute atomic E-state index is 11.9. The zero-order chi connectivity index (χ0) is 14.0. The molecule has 0 bridgehead atoms. The summed E-state index contributed by atoms with van der Waals surface area (Å²) >= 11 is 3.47. The Balaban J connectivity index is 2.72. The van der Waals surface area contributed by atoms with E-state index in [1.165, 1.54) is 0 Å². The van der Waals surface area contributed by atoms with Gasteiger partial charge in [-0.05, 0) is 31.5 Å². The molecule has 0 radical (unpaired) electrons. The molecule has 2 rings (SSSR count). The van der Waals surface area contributed by atoms with Crippen molar-refractivity contribution in [1.29, 1.82) is 0 Å². The first kappa shape index (κ1) is 13.8. The lowest BCUT2D eigenvalue weighted by molar-refractivity contribution is 0.0527. The summed E-state index contributed by atoms with van der Waals surface area (Å²) in [5.74, 6) is -0.362. The van der Waals surface area contributed by atoms with E-state index in [-0.39, 0.29) is 5.97 Å². The van der Waals surface area contributed by atoms with Gasteiger partial charge in [0.15, 0.2) is 0 Å². The van der Waals surface area contributed by atoms with Crippen molar-refractivity contribution in [3.8, 4) is 0 Å². The number of nitrogens with one attached hydrogen (secondary N) is 1. The molecule has 0 amide bonds. The van der Waals surface area contributed by atoms with Crippen molar-refractivity contribution < 1.29 is 9.53 Å². The van der Waals surface area contributed by atoms with Gasteiger partial charge in [0.25, 0.3) is 0 Å². The fourth-order valence-corrected chi connectivity index (χ4v) is 2.64. The van der Waals surface area contributed by atoms with Crippen LogP contribution in [0.5, 0.6) is 0 Å². The van der Waals surface area contributed by atoms with Crippen molar-refractivity contribution in [3.63, 3.8) is 0 Å². The number of esters is 1. The molecule has 4 nitrogen and oxygen atoms in total. The maximum Gasteiger partial charge on any atom is 0.341 e. The number of hydrogen-bond acceptors (Lipinski definition) is 4. The van der Waals surface area contributed by atoms with Gasteiger partial charge in [-0.3, -0.25) is 4.98 Å². The fourth-order valence-electron chi connectivity index (χ4n) is 2.07. The first-order chi connectivity index (χ1) is 9.08. The molecule has 2 aromatic rings. The predicted molar refractivity (Wildman–Crippen MR) is 79.7 cm³/mol. The lowest BCUT2D eigenvalue weighted by atomic mass is 10.1. The molecule has 1 heterocycles. The molecule has 100 valence electrons. The van der Waals surface area contributed by atoms with Crippen LogP contribution in [0.2, 0.25) is 0 Å². The van der Waals surface area contributed by atoms with E-state index in [9.17, 15) is 4.79 Å². The van der Waals surface area contributed by atoms with Gasteiger partial charge in [0.05, 0.1) is 17.8 Å². The summed E-state index contributed by atoms with van der Waals surface area (Å²) in [6.07, 6.45) is 1.56. The minimum atomic E-state index is -0.362. The number of hydrogen-bond donors (Lipinski definition) is 1. The second-order valence-electron chi connectivity index (χ2n) is 4.14. The molecular weight excluding hydrogens is 308 g/mol. The van der Waals surface area contributed by atoms with Crippen LogP contribution < -0.4 is 5.32 Å². The normalized spacial score (nSPS) is 10.5. The molecule has 0 saturated carbocycles. The topological polar surface area (TPSA) is 51.2 Å². The van der Waals surface area contributed by atoms with Gasteiger partial charge in [-0.1, -0.05) is 15.9 Å². The van der Waals surface area contributed by atoms with E-state index in [1.54, 1.807) is 20.2 Å². The number of carbonyl (C=O) groups excluding carboxylic acids is 1. The lowest BCUT2D eigenvalue weighted by Gasteiger charge is -2.12. The van der Waals surface area contributed by atoms with E-state index >= 15 is 0 Å². The van der Waals surface area contributed by atoms with Crippen LogP contribution in [-0.2, 0) is 4.74 Å². The molecule has 1 aromatic heterocycles. The van der Waals surface area contributed by atoms with Crippen molar-refractivity contribution in [2.24, 2.45) is 0 Å². The van der Waals surface area contributed by atoms with Gasteiger partial charge in [0, 0.05) is 23.1 Å². The van der Waals surface area contributed by atoms with Gasteiger partial charge < -0.3 is 10.1 Å². The van der Waals surface area contributed by atoms with Crippen molar-refractivity contribution in [3.05, 3.63) is 33.9 Å². The highest BCUT2D eigenvalue weighted by Crippen LogP contribution is 2.30. The quantitative estimate of drug-likeness (QED) is 0.878. The molecule has 0 spiro atoms. The number of anilines is 1. The lowest BCUT2D eigenvalue weighted by Crippen LogP contribution is -2.09. The Morgan fingerprint density at radius 1 is 1.47 bits per heavy atom. The van der Waals surface area contributed by atoms with Gasteiger partial charge >= 0.3 is 5.97 Å². The number of ether oxygens (including phenoxy) is 1. The number of benzene rings is 1. The molecule has 0 saturated heterocycles. The number of fused-ring (bicyclic) bond motifs is 1. The molecule has 1 N–H and O–H groups in total. The molecule has 0 unspecified atom stereocenters. The molecule has 0 aliphatic carbocycles. The number of aryl methyl sites for hydroxylation is 1. The summed E-state index contributed by atoms with van der Waals surface area (Å²) in [6, 6.07) is 3.95. The molecule has 5 heteroatoms. The van der Waals surface area contributed by atoms with E-state index in [4.69, 9.17) is 4.74 Å². The Labute approximate surface area is 120 Å². The zero-order valence-electron chi connectivity index (χ0n) is 11.1. The highest BCUT2D eigenvalue weighted by atomic mass is 79.9. The van der Waals surface area contributed by atoms with Gasteiger partial charge in [0.2, 0.25) is 0 Å². The minimum Gasteiger partial charge on any atom is -0.462 e. The van der Waals surface area contributed by atoms with Crippen LogP contribution >= 0.6 is 15.9 Å². The Morgan fingerprint density at radius 3 is 2.84 bits per heavy atom. The number of carbonyl (C=O) groups is 1. The van der Waals surface area contributed by atoms with Crippen LogP contribution in [0.3, 0.4) is 0 Å². The van der Waals surface area contributed by atoms with Crippen molar-refractivity contribution in [1.82, 2.24) is 4.98 Å². The standard InChI is InChI=1S/C14H15BrN2O2/c1-4-19-14(18)11-7-17-12-8(2)5-9(15)6-10(12)13(11)16-3/h5-7H,4H2,1-3H3,(H,16,17). The molecule has 19 heavy (non-hydrogen) atoms. The molecule has 0 atom stereocenters. The first-order valence-electron chi connectivity index (χ1n) is 6.02. The Hall–Kier alpha value is -1.62. The van der Waals surface area contributed by atoms with Crippen LogP contribution in [0.25, 0.3) is 10.9 Å². The molecule has 0 aliphatic heterocycles. The monoisotopic (exact) mass is 322 g/mol. The molecule has 0 aliphatic rings. The summed E-state index contributed by atoms with van der Waals surface area (Å²) in [4.78, 5) is 16.3. The third-order valence-corrected chi connectivity index (χ3v) is 3.33.